The van der Waals surface area contributed by atoms with Crippen molar-refractivity contribution in [2.75, 3.05) is 12.4 Å². The van der Waals surface area contributed by atoms with Crippen molar-refractivity contribution in [2.45, 2.75) is 19.4 Å². The van der Waals surface area contributed by atoms with Crippen LogP contribution in [0.3, 0.4) is 0 Å². The smallest absolute Gasteiger partial charge is 0.226 e. The Balaban J connectivity index is 1.95. The molecule has 90 valence electrons. The Kier molecular flexibility index (Phi) is 3.59. The van der Waals surface area contributed by atoms with E-state index in [4.69, 9.17) is 9.15 Å². The number of methoxy groups -OCH3 is 1. The van der Waals surface area contributed by atoms with Crippen LogP contribution in [0.5, 0.6) is 5.88 Å². The Hall–Kier alpha value is -2.04. The monoisotopic (exact) mass is 233 g/mol. The Morgan fingerprint density at radius 3 is 3.06 bits per heavy atom. The molecule has 0 radical (unpaired) electrons. The van der Waals surface area contributed by atoms with Crippen molar-refractivity contribution in [3.63, 3.8) is 0 Å². The van der Waals surface area contributed by atoms with E-state index in [1.165, 1.54) is 0 Å². The van der Waals surface area contributed by atoms with Gasteiger partial charge in [-0.25, -0.2) is 4.98 Å². The van der Waals surface area contributed by atoms with Gasteiger partial charge in [0.05, 0.1) is 13.4 Å². The summed E-state index contributed by atoms with van der Waals surface area (Å²) in [5, 5.41) is 3.19. The fourth-order valence-electron chi connectivity index (χ4n) is 1.53. The molecule has 2 rings (SSSR count). The van der Waals surface area contributed by atoms with Crippen molar-refractivity contribution in [3.05, 3.63) is 36.4 Å². The summed E-state index contributed by atoms with van der Waals surface area (Å²) in [5.74, 6) is 2.05. The maximum Gasteiger partial charge on any atom is 0.226 e. The summed E-state index contributed by atoms with van der Waals surface area (Å²) in [6.07, 6.45) is 4.12. The zero-order valence-electron chi connectivity index (χ0n) is 9.88. The van der Waals surface area contributed by atoms with Gasteiger partial charge in [0.15, 0.2) is 0 Å². The number of anilines is 1. The molecule has 2 aromatic rings. The second-order valence-corrected chi connectivity index (χ2v) is 3.75. The summed E-state index contributed by atoms with van der Waals surface area (Å²) in [4.78, 5) is 8.31. The number of aromatic nitrogens is 2. The van der Waals surface area contributed by atoms with Crippen LogP contribution < -0.4 is 10.1 Å². The maximum atomic E-state index is 5.28. The first-order valence-corrected chi connectivity index (χ1v) is 5.44. The van der Waals surface area contributed by atoms with Gasteiger partial charge in [-0.1, -0.05) is 0 Å². The van der Waals surface area contributed by atoms with E-state index >= 15 is 0 Å². The molecule has 0 aromatic carbocycles. The number of nitrogens with one attached hydrogen (secondary N) is 1. The van der Waals surface area contributed by atoms with Gasteiger partial charge >= 0.3 is 0 Å². The molecule has 2 aromatic heterocycles. The number of hydrogen-bond donors (Lipinski definition) is 1. The molecule has 0 aliphatic rings. The third-order valence-corrected chi connectivity index (χ3v) is 2.30. The van der Waals surface area contributed by atoms with E-state index in [1.54, 1.807) is 25.6 Å². The summed E-state index contributed by atoms with van der Waals surface area (Å²) in [5.41, 5.74) is 0. The van der Waals surface area contributed by atoms with Gasteiger partial charge in [0.2, 0.25) is 11.8 Å². The van der Waals surface area contributed by atoms with Crippen LogP contribution in [0, 0.1) is 0 Å². The fourth-order valence-corrected chi connectivity index (χ4v) is 1.53. The van der Waals surface area contributed by atoms with Crippen molar-refractivity contribution in [2.24, 2.45) is 0 Å². The van der Waals surface area contributed by atoms with Gasteiger partial charge < -0.3 is 14.5 Å². The minimum absolute atomic E-state index is 0.188. The standard InChI is InChI=1S/C12H15N3O2/c1-9(8-10-4-3-7-17-10)14-12-13-6-5-11(15-12)16-2/h3-7,9H,8H2,1-2H3,(H,13,14,15). The molecule has 17 heavy (non-hydrogen) atoms. The van der Waals surface area contributed by atoms with Gasteiger partial charge in [-0.15, -0.1) is 0 Å². The molecule has 0 aliphatic carbocycles. The lowest BCUT2D eigenvalue weighted by Crippen LogP contribution is -2.19. The van der Waals surface area contributed by atoms with E-state index in [0.717, 1.165) is 12.2 Å². The first-order chi connectivity index (χ1) is 8.28. The Morgan fingerprint density at radius 1 is 1.47 bits per heavy atom. The molecule has 1 atom stereocenters. The molecule has 2 heterocycles. The van der Waals surface area contributed by atoms with Gasteiger partial charge in [-0.2, -0.15) is 4.98 Å². The van der Waals surface area contributed by atoms with Gasteiger partial charge in [0.25, 0.3) is 0 Å². The SMILES string of the molecule is COc1ccnc(NC(C)Cc2ccco2)n1. The van der Waals surface area contributed by atoms with E-state index < -0.39 is 0 Å². The zero-order chi connectivity index (χ0) is 12.1. The lowest BCUT2D eigenvalue weighted by molar-refractivity contribution is 0.397. The molecule has 0 saturated carbocycles. The van der Waals surface area contributed by atoms with Gasteiger partial charge in [-0.05, 0) is 19.1 Å². The number of hydrogen-bond acceptors (Lipinski definition) is 5. The zero-order valence-corrected chi connectivity index (χ0v) is 9.88. The predicted octanol–water partition coefficient (Wildman–Crippen LogP) is 2.12. The van der Waals surface area contributed by atoms with Gasteiger partial charge in [-0.3, -0.25) is 0 Å². The Morgan fingerprint density at radius 2 is 2.35 bits per heavy atom. The van der Waals surface area contributed by atoms with Crippen LogP contribution >= 0.6 is 0 Å². The quantitative estimate of drug-likeness (QED) is 0.857. The summed E-state index contributed by atoms with van der Waals surface area (Å²) < 4.78 is 10.3. The van der Waals surface area contributed by atoms with E-state index in [9.17, 15) is 0 Å². The van der Waals surface area contributed by atoms with E-state index in [-0.39, 0.29) is 6.04 Å². The second kappa shape index (κ2) is 5.34. The average molecular weight is 233 g/mol. The van der Waals surface area contributed by atoms with Crippen LogP contribution in [0.25, 0.3) is 0 Å². The highest BCUT2D eigenvalue weighted by Gasteiger charge is 2.07. The Bertz CT molecular complexity index is 457. The highest BCUT2D eigenvalue weighted by molar-refractivity contribution is 5.28. The van der Waals surface area contributed by atoms with Crippen LogP contribution in [0.1, 0.15) is 12.7 Å². The van der Waals surface area contributed by atoms with Crippen molar-refractivity contribution < 1.29 is 9.15 Å². The topological polar surface area (TPSA) is 60.2 Å². The molecular formula is C12H15N3O2. The third kappa shape index (κ3) is 3.21. The van der Waals surface area contributed by atoms with Gasteiger partial charge in [0, 0.05) is 24.7 Å². The molecular weight excluding hydrogens is 218 g/mol. The molecule has 1 unspecified atom stereocenters. The largest absolute Gasteiger partial charge is 0.481 e. The first-order valence-electron chi connectivity index (χ1n) is 5.44. The minimum Gasteiger partial charge on any atom is -0.481 e. The highest BCUT2D eigenvalue weighted by atomic mass is 16.5. The van der Waals surface area contributed by atoms with Crippen molar-refractivity contribution in [3.8, 4) is 5.88 Å². The number of rotatable bonds is 5. The number of ether oxygens (including phenoxy) is 1. The highest BCUT2D eigenvalue weighted by Crippen LogP contribution is 2.10. The molecule has 0 amide bonds. The van der Waals surface area contributed by atoms with E-state index in [0.29, 0.717) is 11.8 Å². The van der Waals surface area contributed by atoms with E-state index in [2.05, 4.69) is 15.3 Å². The third-order valence-electron chi connectivity index (χ3n) is 2.30. The van der Waals surface area contributed by atoms with Crippen LogP contribution in [0.15, 0.2) is 35.1 Å². The molecule has 0 fully saturated rings. The van der Waals surface area contributed by atoms with Crippen LogP contribution in [0.4, 0.5) is 5.95 Å². The van der Waals surface area contributed by atoms with Crippen molar-refractivity contribution in [1.29, 1.82) is 0 Å². The number of furan rings is 1. The predicted molar refractivity (Wildman–Crippen MR) is 64.1 cm³/mol. The summed E-state index contributed by atoms with van der Waals surface area (Å²) in [6, 6.07) is 5.73. The lowest BCUT2D eigenvalue weighted by Gasteiger charge is -2.12. The lowest BCUT2D eigenvalue weighted by atomic mass is 10.2. The first kappa shape index (κ1) is 11.4. The molecule has 0 aliphatic heterocycles. The molecule has 5 heteroatoms. The van der Waals surface area contributed by atoms with E-state index in [1.807, 2.05) is 19.1 Å². The maximum absolute atomic E-state index is 5.28. The summed E-state index contributed by atoms with van der Waals surface area (Å²) in [7, 11) is 1.58. The van der Waals surface area contributed by atoms with Crippen LogP contribution in [-0.2, 0) is 6.42 Å². The molecule has 0 saturated heterocycles. The number of nitrogens with zero attached hydrogens (tertiary/aromatic N) is 2. The fraction of sp³-hybridized carbons (Fsp3) is 0.333. The molecule has 0 bridgehead atoms. The average Bonchev–Trinajstić information content (AvgIpc) is 2.82. The summed E-state index contributed by atoms with van der Waals surface area (Å²) >= 11 is 0. The molecule has 5 nitrogen and oxygen atoms in total. The normalized spacial score (nSPS) is 12.1. The Labute approximate surface area is 99.8 Å². The van der Waals surface area contributed by atoms with Gasteiger partial charge in [0.1, 0.15) is 5.76 Å². The summed E-state index contributed by atoms with van der Waals surface area (Å²) in [6.45, 7) is 2.05. The van der Waals surface area contributed by atoms with Crippen LogP contribution in [0.2, 0.25) is 0 Å². The molecule has 0 spiro atoms. The van der Waals surface area contributed by atoms with Crippen molar-refractivity contribution >= 4 is 5.95 Å². The minimum atomic E-state index is 0.188. The second-order valence-electron chi connectivity index (χ2n) is 3.75. The van der Waals surface area contributed by atoms with Crippen LogP contribution in [-0.4, -0.2) is 23.1 Å². The van der Waals surface area contributed by atoms with Crippen molar-refractivity contribution in [1.82, 2.24) is 9.97 Å². The molecule has 1 N–H and O–H groups in total.